The number of rotatable bonds is 4. The summed E-state index contributed by atoms with van der Waals surface area (Å²) >= 11 is 0. The van der Waals surface area contributed by atoms with Crippen LogP contribution in [0.4, 0.5) is 10.2 Å². The van der Waals surface area contributed by atoms with Gasteiger partial charge in [0.1, 0.15) is 11.6 Å². The Morgan fingerprint density at radius 1 is 1.00 bits per heavy atom. The molecule has 1 aliphatic carbocycles. The van der Waals surface area contributed by atoms with Crippen molar-refractivity contribution in [1.82, 2.24) is 24.6 Å². The summed E-state index contributed by atoms with van der Waals surface area (Å²) in [5, 5.41) is 8.29. The number of fused-ring (bicyclic) bond motifs is 1. The molecule has 2 fully saturated rings. The highest BCUT2D eigenvalue weighted by molar-refractivity contribution is 5.95. The van der Waals surface area contributed by atoms with Crippen LogP contribution in [0.3, 0.4) is 0 Å². The van der Waals surface area contributed by atoms with E-state index < -0.39 is 0 Å². The van der Waals surface area contributed by atoms with E-state index in [0.29, 0.717) is 22.6 Å². The lowest BCUT2D eigenvalue weighted by Gasteiger charge is -2.40. The lowest BCUT2D eigenvalue weighted by molar-refractivity contribution is -0.121. The lowest BCUT2D eigenvalue weighted by Crippen LogP contribution is -2.50. The molecule has 0 spiro atoms. The van der Waals surface area contributed by atoms with Crippen molar-refractivity contribution in [2.75, 3.05) is 38.5 Å². The second kappa shape index (κ2) is 9.19. The molecule has 0 radical (unpaired) electrons. The van der Waals surface area contributed by atoms with Gasteiger partial charge in [-0.2, -0.15) is 5.10 Å². The smallest absolute Gasteiger partial charge is 0.228 e. The number of hydrogen-bond acceptors (Lipinski definition) is 5. The molecule has 33 heavy (non-hydrogen) atoms. The van der Waals surface area contributed by atoms with Gasteiger partial charge in [0.15, 0.2) is 0 Å². The predicted octanol–water partition coefficient (Wildman–Crippen LogP) is 3.52. The maximum absolute atomic E-state index is 14.7. The summed E-state index contributed by atoms with van der Waals surface area (Å²) in [5.41, 5.74) is 1.59. The first kappa shape index (κ1) is 22.0. The van der Waals surface area contributed by atoms with E-state index in [2.05, 4.69) is 32.2 Å². The number of piperazine rings is 1. The second-order valence-corrected chi connectivity index (χ2v) is 9.49. The van der Waals surface area contributed by atoms with Crippen LogP contribution < -0.4 is 5.32 Å². The molecule has 1 aliphatic heterocycles. The average molecular weight is 451 g/mol. The Morgan fingerprint density at radius 3 is 2.45 bits per heavy atom. The van der Waals surface area contributed by atoms with Gasteiger partial charge in [-0.25, -0.2) is 9.37 Å². The molecule has 7 nitrogen and oxygen atoms in total. The zero-order chi connectivity index (χ0) is 22.9. The highest BCUT2D eigenvalue weighted by atomic mass is 19.1. The lowest BCUT2D eigenvalue weighted by atomic mass is 9.84. The van der Waals surface area contributed by atoms with Crippen LogP contribution in [0.15, 0.2) is 36.8 Å². The van der Waals surface area contributed by atoms with Crippen molar-refractivity contribution in [3.05, 3.63) is 42.6 Å². The Balaban J connectivity index is 1.25. The summed E-state index contributed by atoms with van der Waals surface area (Å²) in [6, 6.07) is 5.76. The van der Waals surface area contributed by atoms with Crippen molar-refractivity contribution in [1.29, 1.82) is 0 Å². The average Bonchev–Trinajstić information content (AvgIpc) is 3.26. The van der Waals surface area contributed by atoms with Crippen molar-refractivity contribution in [3.8, 4) is 11.1 Å². The third kappa shape index (κ3) is 4.77. The summed E-state index contributed by atoms with van der Waals surface area (Å²) in [5.74, 6) is 0.155. The third-order valence-corrected chi connectivity index (χ3v) is 7.20. The largest absolute Gasteiger partial charge is 0.310 e. The van der Waals surface area contributed by atoms with Gasteiger partial charge in [0.05, 0.1) is 6.20 Å². The molecular formula is C25H31FN6O. The molecule has 1 saturated carbocycles. The number of aryl methyl sites for hydroxylation is 1. The van der Waals surface area contributed by atoms with Crippen molar-refractivity contribution in [3.63, 3.8) is 0 Å². The fourth-order valence-electron chi connectivity index (χ4n) is 5.14. The van der Waals surface area contributed by atoms with Crippen LogP contribution in [0.1, 0.15) is 25.7 Å². The standard InChI is InChI=1S/C25H31FN6O/c1-30-7-9-32(10-8-30)21-5-3-17(4-6-21)25(33)29-24-13-19-11-18(20-14-28-31(2)16-20)12-23(26)22(19)15-27-24/h11-17,21H,3-10H2,1-2H3,(H,27,29,33). The minimum absolute atomic E-state index is 0.00433. The summed E-state index contributed by atoms with van der Waals surface area (Å²) in [6.45, 7) is 4.49. The van der Waals surface area contributed by atoms with Gasteiger partial charge in [0.2, 0.25) is 5.91 Å². The van der Waals surface area contributed by atoms with Crippen molar-refractivity contribution < 1.29 is 9.18 Å². The highest BCUT2D eigenvalue weighted by Gasteiger charge is 2.30. The number of amides is 1. The number of hydrogen-bond donors (Lipinski definition) is 1. The van der Waals surface area contributed by atoms with Gasteiger partial charge in [0, 0.05) is 68.5 Å². The number of pyridine rings is 1. The maximum Gasteiger partial charge on any atom is 0.228 e. The van der Waals surface area contributed by atoms with Gasteiger partial charge in [0.25, 0.3) is 0 Å². The van der Waals surface area contributed by atoms with Gasteiger partial charge < -0.3 is 10.2 Å². The van der Waals surface area contributed by atoms with Crippen LogP contribution in [-0.4, -0.2) is 69.7 Å². The van der Waals surface area contributed by atoms with E-state index in [9.17, 15) is 9.18 Å². The number of halogens is 1. The molecule has 0 unspecified atom stereocenters. The molecule has 5 rings (SSSR count). The van der Waals surface area contributed by atoms with Gasteiger partial charge >= 0.3 is 0 Å². The van der Waals surface area contributed by atoms with Crippen molar-refractivity contribution in [2.24, 2.45) is 13.0 Å². The summed E-state index contributed by atoms with van der Waals surface area (Å²) in [6.07, 6.45) is 8.98. The van der Waals surface area contributed by atoms with E-state index >= 15 is 0 Å². The molecular weight excluding hydrogens is 419 g/mol. The van der Waals surface area contributed by atoms with Crippen LogP contribution in [0.5, 0.6) is 0 Å². The Hall–Kier alpha value is -2.84. The van der Waals surface area contributed by atoms with Gasteiger partial charge in [-0.05, 0) is 61.9 Å². The minimum Gasteiger partial charge on any atom is -0.310 e. The number of carbonyl (C=O) groups excluding carboxylic acids is 1. The molecule has 0 atom stereocenters. The van der Waals surface area contributed by atoms with E-state index in [1.165, 1.54) is 12.3 Å². The maximum atomic E-state index is 14.7. The first-order chi connectivity index (χ1) is 16.0. The number of anilines is 1. The van der Waals surface area contributed by atoms with Gasteiger partial charge in [-0.3, -0.25) is 14.4 Å². The molecule has 174 valence electrons. The topological polar surface area (TPSA) is 66.3 Å². The quantitative estimate of drug-likeness (QED) is 0.659. The van der Waals surface area contributed by atoms with Crippen molar-refractivity contribution in [2.45, 2.75) is 31.7 Å². The molecule has 8 heteroatoms. The predicted molar refractivity (Wildman–Crippen MR) is 127 cm³/mol. The zero-order valence-corrected chi connectivity index (χ0v) is 19.3. The third-order valence-electron chi connectivity index (χ3n) is 7.20. The van der Waals surface area contributed by atoms with Gasteiger partial charge in [-0.15, -0.1) is 0 Å². The van der Waals surface area contributed by atoms with E-state index in [1.54, 1.807) is 16.9 Å². The number of likely N-dealkylation sites (N-methyl/N-ethyl adjacent to an activating group) is 1. The van der Waals surface area contributed by atoms with E-state index in [-0.39, 0.29) is 17.6 Å². The molecule has 3 aromatic rings. The SMILES string of the molecule is CN1CCN(C2CCC(C(=O)Nc3cc4cc(-c5cnn(C)c5)cc(F)c4cn3)CC2)CC1. The molecule has 3 heterocycles. The Bertz CT molecular complexity index is 1150. The van der Waals surface area contributed by atoms with Crippen LogP contribution >= 0.6 is 0 Å². The summed E-state index contributed by atoms with van der Waals surface area (Å²) < 4.78 is 16.4. The molecule has 0 bridgehead atoms. The molecule has 2 aliphatic rings. The number of nitrogens with zero attached hydrogens (tertiary/aromatic N) is 5. The van der Waals surface area contributed by atoms with Crippen LogP contribution in [0.25, 0.3) is 21.9 Å². The van der Waals surface area contributed by atoms with Gasteiger partial charge in [-0.1, -0.05) is 0 Å². The summed E-state index contributed by atoms with van der Waals surface area (Å²) in [7, 11) is 4.00. The second-order valence-electron chi connectivity index (χ2n) is 9.49. The molecule has 1 amide bonds. The Kier molecular flexibility index (Phi) is 6.12. The summed E-state index contributed by atoms with van der Waals surface area (Å²) in [4.78, 5) is 22.2. The first-order valence-electron chi connectivity index (χ1n) is 11.8. The fourth-order valence-corrected chi connectivity index (χ4v) is 5.14. The fraction of sp³-hybridized carbons (Fsp3) is 0.480. The van der Waals surface area contributed by atoms with Crippen LogP contribution in [-0.2, 0) is 11.8 Å². The number of benzene rings is 1. The Morgan fingerprint density at radius 2 is 1.76 bits per heavy atom. The highest BCUT2D eigenvalue weighted by Crippen LogP contribution is 2.30. The van der Waals surface area contributed by atoms with E-state index in [0.717, 1.165) is 63.0 Å². The minimum atomic E-state index is -0.334. The molecule has 1 aromatic carbocycles. The molecule has 1 N–H and O–H groups in total. The monoisotopic (exact) mass is 450 g/mol. The zero-order valence-electron chi connectivity index (χ0n) is 19.3. The van der Waals surface area contributed by atoms with E-state index in [4.69, 9.17) is 0 Å². The Labute approximate surface area is 193 Å². The van der Waals surface area contributed by atoms with Crippen LogP contribution in [0.2, 0.25) is 0 Å². The molecule has 2 aromatic heterocycles. The normalized spacial score (nSPS) is 22.5. The number of aromatic nitrogens is 3. The first-order valence-corrected chi connectivity index (χ1v) is 11.8. The van der Waals surface area contributed by atoms with Crippen LogP contribution in [0, 0.1) is 11.7 Å². The van der Waals surface area contributed by atoms with Crippen molar-refractivity contribution >= 4 is 22.5 Å². The number of nitrogens with one attached hydrogen (secondary N) is 1. The molecule has 1 saturated heterocycles. The number of carbonyl (C=O) groups is 1. The van der Waals surface area contributed by atoms with E-state index in [1.807, 2.05) is 19.3 Å².